The summed E-state index contributed by atoms with van der Waals surface area (Å²) in [5.41, 5.74) is 0. The SMILES string of the molecule is O=C(NC1CCN(Cc2cccs2)CC1)C(F)(F)CC1CCCO1. The summed E-state index contributed by atoms with van der Waals surface area (Å²) in [5, 5.41) is 4.60. The third-order valence-corrected chi connectivity index (χ3v) is 5.58. The predicted octanol–water partition coefficient (Wildman–Crippen LogP) is 3.03. The number of hydrogen-bond acceptors (Lipinski definition) is 4. The molecule has 2 aliphatic heterocycles. The molecule has 0 spiro atoms. The van der Waals surface area contributed by atoms with Crippen molar-refractivity contribution in [2.45, 2.75) is 56.7 Å². The Labute approximate surface area is 145 Å². The lowest BCUT2D eigenvalue weighted by Crippen LogP contribution is -2.50. The van der Waals surface area contributed by atoms with Crippen LogP contribution in [-0.4, -0.2) is 48.6 Å². The van der Waals surface area contributed by atoms with Gasteiger partial charge in [-0.2, -0.15) is 8.78 Å². The topological polar surface area (TPSA) is 41.6 Å². The second kappa shape index (κ2) is 7.89. The fourth-order valence-electron chi connectivity index (χ4n) is 3.33. The maximum absolute atomic E-state index is 14.1. The van der Waals surface area contributed by atoms with Crippen molar-refractivity contribution in [2.24, 2.45) is 0 Å². The van der Waals surface area contributed by atoms with E-state index < -0.39 is 24.4 Å². The molecule has 0 aromatic carbocycles. The fraction of sp³-hybridized carbons (Fsp3) is 0.706. The summed E-state index contributed by atoms with van der Waals surface area (Å²) in [7, 11) is 0. The van der Waals surface area contributed by atoms with Crippen molar-refractivity contribution in [3.63, 3.8) is 0 Å². The Hall–Kier alpha value is -1.05. The summed E-state index contributed by atoms with van der Waals surface area (Å²) in [4.78, 5) is 15.5. The number of piperidine rings is 1. The summed E-state index contributed by atoms with van der Waals surface area (Å²) < 4.78 is 33.3. The summed E-state index contributed by atoms with van der Waals surface area (Å²) in [6.07, 6.45) is 1.85. The first-order valence-electron chi connectivity index (χ1n) is 8.58. The van der Waals surface area contributed by atoms with E-state index in [4.69, 9.17) is 4.74 Å². The number of carbonyl (C=O) groups excluding carboxylic acids is 1. The Morgan fingerprint density at radius 2 is 2.17 bits per heavy atom. The van der Waals surface area contributed by atoms with Gasteiger partial charge in [0.05, 0.1) is 6.10 Å². The molecule has 0 aliphatic carbocycles. The average Bonchev–Trinajstić information content (AvgIpc) is 3.22. The second-order valence-corrected chi connectivity index (χ2v) is 7.68. The number of hydrogen-bond donors (Lipinski definition) is 1. The molecule has 4 nitrogen and oxygen atoms in total. The Morgan fingerprint density at radius 3 is 2.79 bits per heavy atom. The molecular formula is C17H24F2N2O2S. The molecule has 1 amide bonds. The molecule has 0 radical (unpaired) electrons. The van der Waals surface area contributed by atoms with Crippen LogP contribution >= 0.6 is 11.3 Å². The van der Waals surface area contributed by atoms with Gasteiger partial charge in [-0.25, -0.2) is 0 Å². The number of likely N-dealkylation sites (tertiary alicyclic amines) is 1. The minimum absolute atomic E-state index is 0.160. The van der Waals surface area contributed by atoms with Crippen LogP contribution < -0.4 is 5.32 Å². The number of alkyl halides is 2. The fourth-order valence-corrected chi connectivity index (χ4v) is 4.08. The van der Waals surface area contributed by atoms with Crippen LogP contribution in [0.2, 0.25) is 0 Å². The van der Waals surface area contributed by atoms with Crippen LogP contribution in [0.3, 0.4) is 0 Å². The van der Waals surface area contributed by atoms with Crippen LogP contribution in [0.15, 0.2) is 17.5 Å². The lowest BCUT2D eigenvalue weighted by molar-refractivity contribution is -0.151. The minimum atomic E-state index is -3.34. The Bertz CT molecular complexity index is 525. The van der Waals surface area contributed by atoms with Crippen molar-refractivity contribution in [1.82, 2.24) is 10.2 Å². The normalized spacial score (nSPS) is 23.5. The smallest absolute Gasteiger partial charge is 0.327 e. The molecule has 1 aromatic heterocycles. The van der Waals surface area contributed by atoms with E-state index in [9.17, 15) is 13.6 Å². The first-order chi connectivity index (χ1) is 11.5. The van der Waals surface area contributed by atoms with Gasteiger partial charge in [0.1, 0.15) is 0 Å². The molecule has 0 bridgehead atoms. The Balaban J connectivity index is 1.42. The van der Waals surface area contributed by atoms with Gasteiger partial charge in [-0.3, -0.25) is 9.69 Å². The highest BCUT2D eigenvalue weighted by Crippen LogP contribution is 2.28. The number of halogens is 2. The van der Waals surface area contributed by atoms with E-state index in [1.807, 2.05) is 6.07 Å². The first kappa shape index (κ1) is 17.8. The van der Waals surface area contributed by atoms with Gasteiger partial charge in [0, 0.05) is 43.6 Å². The van der Waals surface area contributed by atoms with Crippen molar-refractivity contribution in [3.05, 3.63) is 22.4 Å². The molecule has 7 heteroatoms. The number of amides is 1. The van der Waals surface area contributed by atoms with E-state index in [2.05, 4.69) is 21.7 Å². The number of nitrogens with zero attached hydrogens (tertiary/aromatic N) is 1. The van der Waals surface area contributed by atoms with Gasteiger partial charge < -0.3 is 10.1 Å². The quantitative estimate of drug-likeness (QED) is 0.850. The van der Waals surface area contributed by atoms with E-state index in [1.54, 1.807) is 11.3 Å². The summed E-state index contributed by atoms with van der Waals surface area (Å²) in [5.74, 6) is -4.49. The van der Waals surface area contributed by atoms with Crippen molar-refractivity contribution >= 4 is 17.2 Å². The van der Waals surface area contributed by atoms with Gasteiger partial charge in [-0.15, -0.1) is 11.3 Å². The molecule has 3 rings (SSSR count). The molecule has 1 aromatic rings. The van der Waals surface area contributed by atoms with Gasteiger partial charge in [-0.05, 0) is 37.1 Å². The third kappa shape index (κ3) is 4.74. The lowest BCUT2D eigenvalue weighted by atomic mass is 10.0. The number of ether oxygens (including phenoxy) is 1. The standard InChI is InChI=1S/C17H24F2N2O2S/c18-17(19,11-14-3-1-9-23-14)16(22)20-13-5-7-21(8-6-13)12-15-4-2-10-24-15/h2,4,10,13-14H,1,3,5-9,11-12H2,(H,20,22). The number of rotatable bonds is 6. The van der Waals surface area contributed by atoms with Gasteiger partial charge in [0.2, 0.25) is 0 Å². The van der Waals surface area contributed by atoms with Crippen LogP contribution in [0.1, 0.15) is 37.0 Å². The van der Waals surface area contributed by atoms with Crippen LogP contribution in [0.5, 0.6) is 0 Å². The van der Waals surface area contributed by atoms with Crippen molar-refractivity contribution < 1.29 is 18.3 Å². The lowest BCUT2D eigenvalue weighted by Gasteiger charge is -2.33. The molecule has 2 fully saturated rings. The van der Waals surface area contributed by atoms with Crippen LogP contribution in [0.4, 0.5) is 8.78 Å². The van der Waals surface area contributed by atoms with E-state index >= 15 is 0 Å². The highest BCUT2D eigenvalue weighted by molar-refractivity contribution is 7.09. The van der Waals surface area contributed by atoms with Crippen LogP contribution in [-0.2, 0) is 16.1 Å². The van der Waals surface area contributed by atoms with Gasteiger partial charge in [-0.1, -0.05) is 6.07 Å². The third-order valence-electron chi connectivity index (χ3n) is 4.72. The zero-order valence-electron chi connectivity index (χ0n) is 13.7. The summed E-state index contributed by atoms with van der Waals surface area (Å²) in [6.45, 7) is 3.05. The molecule has 24 heavy (non-hydrogen) atoms. The molecule has 2 aliphatic rings. The zero-order chi connectivity index (χ0) is 17.0. The minimum Gasteiger partial charge on any atom is -0.378 e. The first-order valence-corrected chi connectivity index (χ1v) is 9.46. The predicted molar refractivity (Wildman–Crippen MR) is 89.3 cm³/mol. The highest BCUT2D eigenvalue weighted by Gasteiger charge is 2.43. The molecule has 3 heterocycles. The van der Waals surface area contributed by atoms with E-state index in [1.165, 1.54) is 4.88 Å². The number of carbonyl (C=O) groups is 1. The molecule has 2 saturated heterocycles. The second-order valence-electron chi connectivity index (χ2n) is 6.65. The van der Waals surface area contributed by atoms with Crippen molar-refractivity contribution in [2.75, 3.05) is 19.7 Å². The largest absolute Gasteiger partial charge is 0.378 e. The maximum Gasteiger partial charge on any atom is 0.327 e. The van der Waals surface area contributed by atoms with Crippen molar-refractivity contribution in [1.29, 1.82) is 0 Å². The van der Waals surface area contributed by atoms with Crippen LogP contribution in [0, 0.1) is 0 Å². The monoisotopic (exact) mass is 358 g/mol. The summed E-state index contributed by atoms with van der Waals surface area (Å²) in [6, 6.07) is 3.97. The van der Waals surface area contributed by atoms with E-state index in [-0.39, 0.29) is 6.04 Å². The van der Waals surface area contributed by atoms with Gasteiger partial charge in [0.25, 0.3) is 5.91 Å². The molecule has 1 N–H and O–H groups in total. The number of thiophene rings is 1. The van der Waals surface area contributed by atoms with E-state index in [0.29, 0.717) is 25.9 Å². The van der Waals surface area contributed by atoms with E-state index in [0.717, 1.165) is 26.1 Å². The number of nitrogens with one attached hydrogen (secondary N) is 1. The molecule has 1 atom stereocenters. The van der Waals surface area contributed by atoms with Crippen molar-refractivity contribution in [3.8, 4) is 0 Å². The van der Waals surface area contributed by atoms with Crippen LogP contribution in [0.25, 0.3) is 0 Å². The Morgan fingerprint density at radius 1 is 1.38 bits per heavy atom. The highest BCUT2D eigenvalue weighted by atomic mass is 32.1. The van der Waals surface area contributed by atoms with Gasteiger partial charge >= 0.3 is 5.92 Å². The maximum atomic E-state index is 14.1. The summed E-state index contributed by atoms with van der Waals surface area (Å²) >= 11 is 1.72. The molecular weight excluding hydrogens is 334 g/mol. The zero-order valence-corrected chi connectivity index (χ0v) is 14.5. The molecule has 1 unspecified atom stereocenters. The average molecular weight is 358 g/mol. The van der Waals surface area contributed by atoms with Gasteiger partial charge in [0.15, 0.2) is 0 Å². The molecule has 0 saturated carbocycles. The molecule has 134 valence electrons. The Kier molecular flexibility index (Phi) is 5.84.